The lowest BCUT2D eigenvalue weighted by Crippen LogP contribution is -2.22. The topological polar surface area (TPSA) is 76.9 Å². The van der Waals surface area contributed by atoms with Crippen molar-refractivity contribution in [3.8, 4) is 11.9 Å². The number of rotatable bonds is 1. The number of halogens is 2. The Kier molecular flexibility index (Phi) is 3.51. The Balaban J connectivity index is 2.33. The summed E-state index contributed by atoms with van der Waals surface area (Å²) in [6, 6.07) is 7.43. The van der Waals surface area contributed by atoms with Crippen LogP contribution in [0.25, 0.3) is 0 Å². The van der Waals surface area contributed by atoms with Gasteiger partial charge in [0.05, 0.1) is 27.2 Å². The van der Waals surface area contributed by atoms with E-state index in [0.717, 1.165) is 11.3 Å². The van der Waals surface area contributed by atoms with Gasteiger partial charge in [-0.15, -0.1) is 0 Å². The van der Waals surface area contributed by atoms with Crippen LogP contribution >= 0.6 is 23.2 Å². The number of aryl methyl sites for hydroxylation is 2. The summed E-state index contributed by atoms with van der Waals surface area (Å²) in [5, 5.41) is 14.7. The predicted molar refractivity (Wildman–Crippen MR) is 83.7 cm³/mol. The largest absolute Gasteiger partial charge is 0.422 e. The first kappa shape index (κ1) is 14.8. The van der Waals surface area contributed by atoms with Crippen molar-refractivity contribution in [1.82, 2.24) is 9.78 Å². The summed E-state index contributed by atoms with van der Waals surface area (Å²) in [6.45, 7) is 1.85. The van der Waals surface area contributed by atoms with Crippen molar-refractivity contribution in [2.24, 2.45) is 12.8 Å². The highest BCUT2D eigenvalue weighted by Crippen LogP contribution is 2.46. The zero-order valence-electron chi connectivity index (χ0n) is 11.9. The molecule has 5 nitrogen and oxygen atoms in total. The molecule has 1 atom stereocenters. The van der Waals surface area contributed by atoms with Gasteiger partial charge in [0.1, 0.15) is 11.6 Å². The van der Waals surface area contributed by atoms with Gasteiger partial charge in [-0.2, -0.15) is 10.4 Å². The van der Waals surface area contributed by atoms with E-state index in [-0.39, 0.29) is 5.88 Å². The van der Waals surface area contributed by atoms with Crippen molar-refractivity contribution >= 4 is 23.2 Å². The number of ether oxygens (including phenoxy) is 1. The van der Waals surface area contributed by atoms with Crippen molar-refractivity contribution in [2.45, 2.75) is 12.8 Å². The third-order valence-corrected chi connectivity index (χ3v) is 4.51. The van der Waals surface area contributed by atoms with Crippen LogP contribution in [-0.2, 0) is 7.05 Å². The molecule has 0 radical (unpaired) electrons. The summed E-state index contributed by atoms with van der Waals surface area (Å²) in [4.78, 5) is 0. The number of benzene rings is 1. The molecule has 1 unspecified atom stereocenters. The molecule has 0 bridgehead atoms. The molecule has 1 aliphatic heterocycles. The summed E-state index contributed by atoms with van der Waals surface area (Å²) in [7, 11) is 1.76. The molecule has 22 heavy (non-hydrogen) atoms. The number of fused-ring (bicyclic) bond motifs is 1. The molecule has 2 aromatic rings. The molecule has 0 fully saturated rings. The quantitative estimate of drug-likeness (QED) is 0.868. The average Bonchev–Trinajstić information content (AvgIpc) is 2.75. The lowest BCUT2D eigenvalue weighted by molar-refractivity contribution is 0.358. The van der Waals surface area contributed by atoms with E-state index >= 15 is 0 Å². The van der Waals surface area contributed by atoms with Crippen LogP contribution < -0.4 is 10.5 Å². The molecule has 2 N–H and O–H groups in total. The Labute approximate surface area is 137 Å². The molecular formula is C15H12Cl2N4O. The molecule has 0 aliphatic carbocycles. The van der Waals surface area contributed by atoms with E-state index in [1.165, 1.54) is 0 Å². The van der Waals surface area contributed by atoms with E-state index in [2.05, 4.69) is 11.2 Å². The molecule has 1 aromatic heterocycles. The first-order chi connectivity index (χ1) is 10.5. The normalized spacial score (nSPS) is 17.0. The summed E-state index contributed by atoms with van der Waals surface area (Å²) < 4.78 is 7.16. The van der Waals surface area contributed by atoms with E-state index in [1.807, 2.05) is 13.0 Å². The maximum absolute atomic E-state index is 9.51. The molecule has 0 saturated heterocycles. The summed E-state index contributed by atoms with van der Waals surface area (Å²) in [5.74, 6) is 0.114. The van der Waals surface area contributed by atoms with Crippen molar-refractivity contribution in [3.63, 3.8) is 0 Å². The lowest BCUT2D eigenvalue weighted by Gasteiger charge is -2.25. The number of nitrogens with zero attached hydrogens (tertiary/aromatic N) is 3. The minimum absolute atomic E-state index is 0.0547. The molecule has 3 rings (SSSR count). The van der Waals surface area contributed by atoms with E-state index in [4.69, 9.17) is 33.7 Å². The Morgan fingerprint density at radius 3 is 2.82 bits per heavy atom. The highest BCUT2D eigenvalue weighted by molar-refractivity contribution is 6.42. The fourth-order valence-electron chi connectivity index (χ4n) is 2.73. The minimum atomic E-state index is -0.450. The third kappa shape index (κ3) is 2.04. The molecule has 2 heterocycles. The van der Waals surface area contributed by atoms with Gasteiger partial charge in [0.15, 0.2) is 0 Å². The van der Waals surface area contributed by atoms with Crippen LogP contribution in [0.5, 0.6) is 5.88 Å². The van der Waals surface area contributed by atoms with Gasteiger partial charge in [-0.25, -0.2) is 4.68 Å². The SMILES string of the molecule is Cc1nn(C)c2c1C(c1cccc(Cl)c1Cl)C(C#N)=C(N)O2. The van der Waals surface area contributed by atoms with Gasteiger partial charge >= 0.3 is 0 Å². The Morgan fingerprint density at radius 1 is 1.41 bits per heavy atom. The first-order valence-electron chi connectivity index (χ1n) is 6.50. The minimum Gasteiger partial charge on any atom is -0.422 e. The molecule has 0 amide bonds. The fourth-order valence-corrected chi connectivity index (χ4v) is 3.14. The highest BCUT2D eigenvalue weighted by atomic mass is 35.5. The molecule has 112 valence electrons. The van der Waals surface area contributed by atoms with Gasteiger partial charge in [-0.05, 0) is 18.6 Å². The predicted octanol–water partition coefficient (Wildman–Crippen LogP) is 3.25. The van der Waals surface area contributed by atoms with Crippen LogP contribution in [0.15, 0.2) is 29.7 Å². The third-order valence-electron chi connectivity index (χ3n) is 3.68. The number of aromatic nitrogens is 2. The monoisotopic (exact) mass is 334 g/mol. The van der Waals surface area contributed by atoms with Gasteiger partial charge in [0.2, 0.25) is 11.8 Å². The summed E-state index contributed by atoms with van der Waals surface area (Å²) >= 11 is 12.5. The maximum atomic E-state index is 9.51. The Bertz CT molecular complexity index is 848. The Morgan fingerprint density at radius 2 is 2.14 bits per heavy atom. The molecule has 0 spiro atoms. The summed E-state index contributed by atoms with van der Waals surface area (Å²) in [5.41, 5.74) is 8.44. The second-order valence-corrected chi connectivity index (χ2v) is 5.78. The second-order valence-electron chi connectivity index (χ2n) is 5.00. The van der Waals surface area contributed by atoms with Crippen LogP contribution in [0.2, 0.25) is 10.0 Å². The molecule has 1 aliphatic rings. The van der Waals surface area contributed by atoms with Crippen LogP contribution in [0.4, 0.5) is 0 Å². The average molecular weight is 335 g/mol. The number of nitrogens with two attached hydrogens (primary N) is 1. The molecular weight excluding hydrogens is 323 g/mol. The van der Waals surface area contributed by atoms with Crippen molar-refractivity contribution < 1.29 is 4.74 Å². The fraction of sp³-hybridized carbons (Fsp3) is 0.200. The lowest BCUT2D eigenvalue weighted by atomic mass is 9.84. The zero-order valence-corrected chi connectivity index (χ0v) is 13.4. The maximum Gasteiger partial charge on any atom is 0.224 e. The van der Waals surface area contributed by atoms with E-state index in [1.54, 1.807) is 23.9 Å². The van der Waals surface area contributed by atoms with Crippen molar-refractivity contribution in [2.75, 3.05) is 0 Å². The van der Waals surface area contributed by atoms with E-state index in [0.29, 0.717) is 27.1 Å². The molecule has 0 saturated carbocycles. The van der Waals surface area contributed by atoms with Gasteiger partial charge in [-0.3, -0.25) is 0 Å². The summed E-state index contributed by atoms with van der Waals surface area (Å²) in [6.07, 6.45) is 0. The van der Waals surface area contributed by atoms with Crippen LogP contribution in [0, 0.1) is 18.3 Å². The smallest absolute Gasteiger partial charge is 0.224 e. The molecule has 1 aromatic carbocycles. The van der Waals surface area contributed by atoms with Crippen LogP contribution in [0.3, 0.4) is 0 Å². The number of allylic oxidation sites excluding steroid dienone is 1. The van der Waals surface area contributed by atoms with Gasteiger partial charge in [0, 0.05) is 7.05 Å². The van der Waals surface area contributed by atoms with Crippen molar-refractivity contribution in [3.05, 3.63) is 56.5 Å². The van der Waals surface area contributed by atoms with Crippen molar-refractivity contribution in [1.29, 1.82) is 5.26 Å². The first-order valence-corrected chi connectivity index (χ1v) is 7.26. The Hall–Kier alpha value is -2.16. The van der Waals surface area contributed by atoms with E-state index < -0.39 is 5.92 Å². The molecule has 7 heteroatoms. The van der Waals surface area contributed by atoms with Crippen LogP contribution in [-0.4, -0.2) is 9.78 Å². The number of hydrogen-bond acceptors (Lipinski definition) is 4. The van der Waals surface area contributed by atoms with Gasteiger partial charge in [0.25, 0.3) is 0 Å². The highest BCUT2D eigenvalue weighted by Gasteiger charge is 2.36. The standard InChI is InChI=1S/C15H12Cl2N4O/c1-7-11-12(8-4-3-5-10(16)13(8)17)9(6-18)14(19)22-15(11)21(2)20-7/h3-5,12H,19H2,1-2H3. The second kappa shape index (κ2) is 5.24. The number of hydrogen-bond donors (Lipinski definition) is 1. The van der Waals surface area contributed by atoms with Gasteiger partial charge in [-0.1, -0.05) is 35.3 Å². The number of nitriles is 1. The van der Waals surface area contributed by atoms with Crippen LogP contribution in [0.1, 0.15) is 22.7 Å². The zero-order chi connectivity index (χ0) is 16.0. The van der Waals surface area contributed by atoms with E-state index in [9.17, 15) is 5.26 Å². The van der Waals surface area contributed by atoms with Gasteiger partial charge < -0.3 is 10.5 Å².